The fraction of sp³-hybridized carbons (Fsp3) is 0.0952. The van der Waals surface area contributed by atoms with Crippen molar-refractivity contribution in [3.05, 3.63) is 82.5 Å². The number of aromatic amines is 1. The first-order valence-electron chi connectivity index (χ1n) is 8.55. The maximum atomic E-state index is 12.0. The topological polar surface area (TPSA) is 84.7 Å². The lowest BCUT2D eigenvalue weighted by Crippen LogP contribution is -2.13. The second kappa shape index (κ2) is 7.34. The van der Waals surface area contributed by atoms with Crippen LogP contribution in [0.25, 0.3) is 21.9 Å². The Balaban J connectivity index is 1.74. The number of H-pyrrole nitrogens is 1. The molecule has 4 rings (SSSR count). The number of benzene rings is 2. The Bertz CT molecular complexity index is 1190. The Hall–Kier alpha value is -2.96. The van der Waals surface area contributed by atoms with Crippen molar-refractivity contribution >= 4 is 22.5 Å². The van der Waals surface area contributed by atoms with Gasteiger partial charge in [0.15, 0.2) is 0 Å². The van der Waals surface area contributed by atoms with E-state index in [1.54, 1.807) is 11.8 Å². The molecule has 2 heterocycles. The molecule has 0 amide bonds. The summed E-state index contributed by atoms with van der Waals surface area (Å²) in [4.78, 5) is 18.6. The van der Waals surface area contributed by atoms with E-state index in [4.69, 9.17) is 5.73 Å². The minimum absolute atomic E-state index is 0.212. The van der Waals surface area contributed by atoms with Gasteiger partial charge in [-0.2, -0.15) is 5.10 Å². The molecule has 0 saturated heterocycles. The summed E-state index contributed by atoms with van der Waals surface area (Å²) in [5.74, 6) is 0. The minimum Gasteiger partial charge on any atom is -0.325 e. The summed E-state index contributed by atoms with van der Waals surface area (Å²) in [6.45, 7) is 2.34. The molecule has 0 bridgehead atoms. The van der Waals surface area contributed by atoms with E-state index in [1.165, 1.54) is 10.5 Å². The zero-order chi connectivity index (χ0) is 18.8. The lowest BCUT2D eigenvalue weighted by atomic mass is 10.0. The molecule has 0 unspecified atom stereocenters. The standard InChI is InChI=1S/C21H18N4OS/c1-13-3-2-4-16(7-13)27-17-8-15(11-23-12-17)14-5-6-18-19(9-14)20(10-22)24-25-21(18)26/h2-9,11-12H,10,22H2,1H3,(H,25,26). The molecule has 0 saturated carbocycles. The van der Waals surface area contributed by atoms with Crippen LogP contribution < -0.4 is 11.3 Å². The van der Waals surface area contributed by atoms with Crippen LogP contribution in [0, 0.1) is 6.92 Å². The molecule has 0 aliphatic heterocycles. The van der Waals surface area contributed by atoms with E-state index in [-0.39, 0.29) is 12.1 Å². The van der Waals surface area contributed by atoms with Crippen LogP contribution in [-0.4, -0.2) is 15.2 Å². The van der Waals surface area contributed by atoms with Crippen molar-refractivity contribution in [3.8, 4) is 11.1 Å². The van der Waals surface area contributed by atoms with Crippen molar-refractivity contribution in [2.75, 3.05) is 0 Å². The number of nitrogens with two attached hydrogens (primary N) is 1. The summed E-state index contributed by atoms with van der Waals surface area (Å²) < 4.78 is 0. The minimum atomic E-state index is -0.212. The molecule has 3 N–H and O–H groups in total. The van der Waals surface area contributed by atoms with Crippen LogP contribution in [0.5, 0.6) is 0 Å². The van der Waals surface area contributed by atoms with E-state index in [1.807, 2.05) is 30.6 Å². The first-order chi connectivity index (χ1) is 13.1. The predicted octanol–water partition coefficient (Wildman–Crippen LogP) is 3.90. The Morgan fingerprint density at radius 3 is 2.70 bits per heavy atom. The van der Waals surface area contributed by atoms with Gasteiger partial charge in [0.25, 0.3) is 5.56 Å². The molecule has 0 aliphatic rings. The first kappa shape index (κ1) is 17.5. The highest BCUT2D eigenvalue weighted by atomic mass is 32.2. The SMILES string of the molecule is Cc1cccc(Sc2cncc(-c3ccc4c(=O)[nH]nc(CN)c4c3)c2)c1. The van der Waals surface area contributed by atoms with Crippen molar-refractivity contribution in [3.63, 3.8) is 0 Å². The summed E-state index contributed by atoms with van der Waals surface area (Å²) in [7, 11) is 0. The van der Waals surface area contributed by atoms with Gasteiger partial charge in [-0.3, -0.25) is 9.78 Å². The third-order valence-corrected chi connectivity index (χ3v) is 5.28. The van der Waals surface area contributed by atoms with Crippen molar-refractivity contribution in [1.82, 2.24) is 15.2 Å². The quantitative estimate of drug-likeness (QED) is 0.566. The van der Waals surface area contributed by atoms with Crippen molar-refractivity contribution in [1.29, 1.82) is 0 Å². The Morgan fingerprint density at radius 2 is 1.89 bits per heavy atom. The molecular formula is C21H18N4OS. The number of nitrogens with one attached hydrogen (secondary N) is 1. The van der Waals surface area contributed by atoms with Gasteiger partial charge in [0.05, 0.1) is 11.1 Å². The lowest BCUT2D eigenvalue weighted by molar-refractivity contribution is 0.900. The molecule has 134 valence electrons. The van der Waals surface area contributed by atoms with Crippen molar-refractivity contribution in [2.24, 2.45) is 5.73 Å². The van der Waals surface area contributed by atoms with Crippen molar-refractivity contribution < 1.29 is 0 Å². The second-order valence-corrected chi connectivity index (χ2v) is 7.44. The Morgan fingerprint density at radius 1 is 1.00 bits per heavy atom. The molecule has 6 heteroatoms. The van der Waals surface area contributed by atoms with Gasteiger partial charge in [-0.05, 0) is 42.8 Å². The fourth-order valence-corrected chi connectivity index (χ4v) is 3.97. The van der Waals surface area contributed by atoms with Crippen molar-refractivity contribution in [2.45, 2.75) is 23.3 Å². The van der Waals surface area contributed by atoms with E-state index in [2.05, 4.69) is 52.4 Å². The van der Waals surface area contributed by atoms with Crippen LogP contribution in [0.2, 0.25) is 0 Å². The van der Waals surface area contributed by atoms with Gasteiger partial charge in [-0.25, -0.2) is 5.10 Å². The van der Waals surface area contributed by atoms with Crippen LogP contribution in [0.3, 0.4) is 0 Å². The van der Waals surface area contributed by atoms with Gasteiger partial charge in [0, 0.05) is 39.7 Å². The molecule has 0 fully saturated rings. The monoisotopic (exact) mass is 374 g/mol. The molecule has 0 atom stereocenters. The molecule has 27 heavy (non-hydrogen) atoms. The number of fused-ring (bicyclic) bond motifs is 1. The van der Waals surface area contributed by atoms with Gasteiger partial charge in [0.2, 0.25) is 0 Å². The first-order valence-corrected chi connectivity index (χ1v) is 9.37. The third kappa shape index (κ3) is 3.63. The van der Waals surface area contributed by atoms with Gasteiger partial charge < -0.3 is 5.73 Å². The summed E-state index contributed by atoms with van der Waals surface area (Å²) in [6.07, 6.45) is 3.68. The van der Waals surface area contributed by atoms with E-state index < -0.39 is 0 Å². The van der Waals surface area contributed by atoms with Gasteiger partial charge in [0.1, 0.15) is 0 Å². The number of rotatable bonds is 4. The number of hydrogen-bond donors (Lipinski definition) is 2. The molecule has 4 aromatic rings. The average Bonchev–Trinajstić information content (AvgIpc) is 2.68. The van der Waals surface area contributed by atoms with Gasteiger partial charge >= 0.3 is 0 Å². The molecule has 0 aliphatic carbocycles. The summed E-state index contributed by atoms with van der Waals surface area (Å²) in [5, 5.41) is 7.92. The molecule has 2 aromatic heterocycles. The summed E-state index contributed by atoms with van der Waals surface area (Å²) in [5.41, 5.74) is 9.42. The molecular weight excluding hydrogens is 356 g/mol. The van der Waals surface area contributed by atoms with Crippen LogP contribution in [-0.2, 0) is 6.54 Å². The van der Waals surface area contributed by atoms with Crippen LogP contribution >= 0.6 is 11.8 Å². The van der Waals surface area contributed by atoms with E-state index in [0.29, 0.717) is 11.1 Å². The largest absolute Gasteiger partial charge is 0.325 e. The average molecular weight is 374 g/mol. The Kier molecular flexibility index (Phi) is 4.75. The second-order valence-electron chi connectivity index (χ2n) is 6.29. The van der Waals surface area contributed by atoms with Crippen LogP contribution in [0.1, 0.15) is 11.3 Å². The summed E-state index contributed by atoms with van der Waals surface area (Å²) >= 11 is 1.67. The van der Waals surface area contributed by atoms with Crippen LogP contribution in [0.15, 0.2) is 75.5 Å². The highest BCUT2D eigenvalue weighted by Crippen LogP contribution is 2.31. The van der Waals surface area contributed by atoms with E-state index in [0.717, 1.165) is 21.4 Å². The number of hydrogen-bond acceptors (Lipinski definition) is 5. The third-order valence-electron chi connectivity index (χ3n) is 4.33. The summed E-state index contributed by atoms with van der Waals surface area (Å²) in [6, 6.07) is 16.2. The van der Waals surface area contributed by atoms with E-state index >= 15 is 0 Å². The highest BCUT2D eigenvalue weighted by molar-refractivity contribution is 7.99. The number of aryl methyl sites for hydroxylation is 1. The van der Waals surface area contributed by atoms with Gasteiger partial charge in [-0.1, -0.05) is 35.5 Å². The fourth-order valence-electron chi connectivity index (χ4n) is 3.00. The zero-order valence-electron chi connectivity index (χ0n) is 14.8. The zero-order valence-corrected chi connectivity index (χ0v) is 15.6. The van der Waals surface area contributed by atoms with E-state index in [9.17, 15) is 4.79 Å². The molecule has 0 radical (unpaired) electrons. The van der Waals surface area contributed by atoms with Gasteiger partial charge in [-0.15, -0.1) is 0 Å². The molecule has 2 aromatic carbocycles. The lowest BCUT2D eigenvalue weighted by Gasteiger charge is -2.08. The normalized spacial score (nSPS) is 11.0. The maximum Gasteiger partial charge on any atom is 0.272 e. The predicted molar refractivity (Wildman–Crippen MR) is 109 cm³/mol. The van der Waals surface area contributed by atoms with Crippen LogP contribution in [0.4, 0.5) is 0 Å². The number of pyridine rings is 1. The maximum absolute atomic E-state index is 12.0. The number of nitrogens with zero attached hydrogens (tertiary/aromatic N) is 2. The molecule has 5 nitrogen and oxygen atoms in total. The number of aromatic nitrogens is 3. The molecule has 0 spiro atoms. The smallest absolute Gasteiger partial charge is 0.272 e. The Labute approximate surface area is 160 Å². The highest BCUT2D eigenvalue weighted by Gasteiger charge is 2.09.